The average Bonchev–Trinajstić information content (AvgIpc) is 3.12. The van der Waals surface area contributed by atoms with E-state index in [0.29, 0.717) is 18.3 Å². The van der Waals surface area contributed by atoms with Crippen LogP contribution in [-0.4, -0.2) is 24.9 Å². The van der Waals surface area contributed by atoms with Gasteiger partial charge in [-0.2, -0.15) is 0 Å². The molecule has 2 heterocycles. The second kappa shape index (κ2) is 7.29. The Morgan fingerprint density at radius 1 is 1.12 bits per heavy atom. The summed E-state index contributed by atoms with van der Waals surface area (Å²) in [6.45, 7) is 9.91. The van der Waals surface area contributed by atoms with E-state index in [1.54, 1.807) is 0 Å². The van der Waals surface area contributed by atoms with E-state index in [9.17, 15) is 0 Å². The van der Waals surface area contributed by atoms with Crippen LogP contribution in [0.4, 0.5) is 0 Å². The Balaban J connectivity index is 0.000000160. The molecule has 0 aliphatic carbocycles. The van der Waals surface area contributed by atoms with E-state index in [2.05, 4.69) is 27.7 Å². The van der Waals surface area contributed by atoms with Crippen LogP contribution in [0.3, 0.4) is 0 Å². The first-order valence-corrected chi connectivity index (χ1v) is 6.94. The standard InChI is InChI=1S/2C7H14O/c1-6(2)3-4-7-5-8-7;1-3-5-7-6(4-2)8-7/h2*6-7H,3-5H2,1-2H3. The lowest BCUT2D eigenvalue weighted by molar-refractivity contribution is 0.359. The molecule has 0 bridgehead atoms. The van der Waals surface area contributed by atoms with Crippen molar-refractivity contribution in [1.82, 2.24) is 0 Å². The monoisotopic (exact) mass is 228 g/mol. The van der Waals surface area contributed by atoms with Gasteiger partial charge in [-0.05, 0) is 31.6 Å². The maximum atomic E-state index is 5.31. The second-order valence-corrected chi connectivity index (χ2v) is 5.34. The van der Waals surface area contributed by atoms with Crippen LogP contribution in [-0.2, 0) is 9.47 Å². The van der Waals surface area contributed by atoms with E-state index >= 15 is 0 Å². The Morgan fingerprint density at radius 2 is 1.81 bits per heavy atom. The van der Waals surface area contributed by atoms with Crippen LogP contribution in [0.5, 0.6) is 0 Å². The van der Waals surface area contributed by atoms with E-state index in [4.69, 9.17) is 9.47 Å². The molecule has 0 saturated carbocycles. The zero-order valence-electron chi connectivity index (χ0n) is 11.4. The van der Waals surface area contributed by atoms with Crippen LogP contribution in [0.15, 0.2) is 0 Å². The fourth-order valence-corrected chi connectivity index (χ4v) is 1.83. The molecule has 2 aliphatic rings. The summed E-state index contributed by atoms with van der Waals surface area (Å²) in [4.78, 5) is 0. The van der Waals surface area contributed by atoms with Gasteiger partial charge in [0.2, 0.25) is 0 Å². The van der Waals surface area contributed by atoms with Crippen molar-refractivity contribution < 1.29 is 9.47 Å². The van der Waals surface area contributed by atoms with Crippen LogP contribution < -0.4 is 0 Å². The zero-order valence-corrected chi connectivity index (χ0v) is 11.4. The minimum atomic E-state index is 0.620. The van der Waals surface area contributed by atoms with Gasteiger partial charge in [-0.15, -0.1) is 0 Å². The van der Waals surface area contributed by atoms with Crippen LogP contribution >= 0.6 is 0 Å². The number of epoxide rings is 2. The van der Waals surface area contributed by atoms with Crippen molar-refractivity contribution in [2.45, 2.75) is 78.1 Å². The van der Waals surface area contributed by atoms with E-state index in [0.717, 1.165) is 12.5 Å². The van der Waals surface area contributed by atoms with Crippen LogP contribution in [0.1, 0.15) is 59.8 Å². The lowest BCUT2D eigenvalue weighted by Gasteiger charge is -1.98. The predicted octanol–water partition coefficient (Wildman–Crippen LogP) is 3.79. The average molecular weight is 228 g/mol. The largest absolute Gasteiger partial charge is 0.373 e. The smallest absolute Gasteiger partial charge is 0.0841 e. The van der Waals surface area contributed by atoms with Crippen LogP contribution in [0, 0.1) is 5.92 Å². The van der Waals surface area contributed by atoms with Crippen molar-refractivity contribution in [3.05, 3.63) is 0 Å². The third kappa shape index (κ3) is 6.49. The van der Waals surface area contributed by atoms with Gasteiger partial charge < -0.3 is 9.47 Å². The highest BCUT2D eigenvalue weighted by Gasteiger charge is 2.35. The van der Waals surface area contributed by atoms with E-state index in [1.165, 1.54) is 32.1 Å². The molecule has 96 valence electrons. The molecule has 0 spiro atoms. The molecule has 0 aromatic carbocycles. The first-order chi connectivity index (χ1) is 7.67. The Hall–Kier alpha value is -0.0800. The molecule has 16 heavy (non-hydrogen) atoms. The lowest BCUT2D eigenvalue weighted by atomic mass is 10.1. The maximum Gasteiger partial charge on any atom is 0.0841 e. The Labute approximate surface area is 101 Å². The molecular formula is C14H28O2. The quantitative estimate of drug-likeness (QED) is 0.646. The summed E-state index contributed by atoms with van der Waals surface area (Å²) < 4.78 is 10.4. The van der Waals surface area contributed by atoms with Gasteiger partial charge in [0.25, 0.3) is 0 Å². The van der Waals surface area contributed by atoms with Crippen LogP contribution in [0.25, 0.3) is 0 Å². The Kier molecular flexibility index (Phi) is 6.37. The molecule has 2 rings (SSSR count). The van der Waals surface area contributed by atoms with Gasteiger partial charge in [0.1, 0.15) is 0 Å². The SMILES string of the molecule is CC(C)CCC1CO1.CCCC1OC1CC. The Morgan fingerprint density at radius 3 is 2.19 bits per heavy atom. The topological polar surface area (TPSA) is 25.1 Å². The molecule has 0 aromatic heterocycles. The first-order valence-electron chi connectivity index (χ1n) is 6.94. The predicted molar refractivity (Wildman–Crippen MR) is 67.7 cm³/mol. The number of hydrogen-bond donors (Lipinski definition) is 0. The molecule has 0 radical (unpaired) electrons. The van der Waals surface area contributed by atoms with E-state index < -0.39 is 0 Å². The van der Waals surface area contributed by atoms with Crippen molar-refractivity contribution in [1.29, 1.82) is 0 Å². The van der Waals surface area contributed by atoms with Crippen LogP contribution in [0.2, 0.25) is 0 Å². The van der Waals surface area contributed by atoms with Crippen molar-refractivity contribution in [3.63, 3.8) is 0 Å². The summed E-state index contributed by atoms with van der Waals surface area (Å²) >= 11 is 0. The highest BCUT2D eigenvalue weighted by atomic mass is 16.6. The third-order valence-corrected chi connectivity index (χ3v) is 3.13. The van der Waals surface area contributed by atoms with Gasteiger partial charge in [-0.3, -0.25) is 0 Å². The highest BCUT2D eigenvalue weighted by molar-refractivity contribution is 4.82. The van der Waals surface area contributed by atoms with Crippen molar-refractivity contribution >= 4 is 0 Å². The molecule has 0 N–H and O–H groups in total. The maximum absolute atomic E-state index is 5.31. The summed E-state index contributed by atoms with van der Waals surface area (Å²) in [7, 11) is 0. The lowest BCUT2D eigenvalue weighted by Crippen LogP contribution is -1.90. The molecule has 2 nitrogen and oxygen atoms in total. The van der Waals surface area contributed by atoms with Gasteiger partial charge in [-0.1, -0.05) is 34.1 Å². The number of ether oxygens (including phenoxy) is 2. The summed E-state index contributed by atoms with van der Waals surface area (Å²) in [6.07, 6.45) is 8.21. The number of hydrogen-bond acceptors (Lipinski definition) is 2. The number of rotatable bonds is 6. The molecule has 2 aliphatic heterocycles. The second-order valence-electron chi connectivity index (χ2n) is 5.34. The van der Waals surface area contributed by atoms with E-state index in [-0.39, 0.29) is 0 Å². The molecule has 0 aromatic rings. The first kappa shape index (κ1) is 14.0. The molecular weight excluding hydrogens is 200 g/mol. The summed E-state index contributed by atoms with van der Waals surface area (Å²) in [5, 5.41) is 0. The molecule has 2 heteroatoms. The zero-order chi connectivity index (χ0) is 12.0. The molecule has 3 unspecified atom stereocenters. The molecule has 0 amide bonds. The fourth-order valence-electron chi connectivity index (χ4n) is 1.83. The summed E-state index contributed by atoms with van der Waals surface area (Å²) in [5.41, 5.74) is 0. The summed E-state index contributed by atoms with van der Waals surface area (Å²) in [5.74, 6) is 0.846. The molecule has 2 fully saturated rings. The fraction of sp³-hybridized carbons (Fsp3) is 1.00. The molecule has 2 saturated heterocycles. The highest BCUT2D eigenvalue weighted by Crippen LogP contribution is 2.28. The Bertz CT molecular complexity index is 174. The van der Waals surface area contributed by atoms with Gasteiger partial charge in [-0.25, -0.2) is 0 Å². The van der Waals surface area contributed by atoms with Crippen molar-refractivity contribution in [3.8, 4) is 0 Å². The normalized spacial score (nSPS) is 30.9. The van der Waals surface area contributed by atoms with Gasteiger partial charge in [0.05, 0.1) is 24.9 Å². The minimum absolute atomic E-state index is 0.620. The van der Waals surface area contributed by atoms with Gasteiger partial charge in [0, 0.05) is 0 Å². The van der Waals surface area contributed by atoms with Crippen molar-refractivity contribution in [2.75, 3.05) is 6.61 Å². The summed E-state index contributed by atoms with van der Waals surface area (Å²) in [6, 6.07) is 0. The van der Waals surface area contributed by atoms with Crippen molar-refractivity contribution in [2.24, 2.45) is 5.92 Å². The van der Waals surface area contributed by atoms with E-state index in [1.807, 2.05) is 0 Å². The van der Waals surface area contributed by atoms with Gasteiger partial charge in [0.15, 0.2) is 0 Å². The third-order valence-electron chi connectivity index (χ3n) is 3.13. The minimum Gasteiger partial charge on any atom is -0.373 e. The molecule has 3 atom stereocenters. The van der Waals surface area contributed by atoms with Gasteiger partial charge >= 0.3 is 0 Å².